The van der Waals surface area contributed by atoms with Crippen molar-refractivity contribution in [3.63, 3.8) is 0 Å². The van der Waals surface area contributed by atoms with Crippen molar-refractivity contribution in [1.29, 1.82) is 0 Å². The standard InChI is InChI=1S/C22H18BrClN2O6/c23-17-6-4-13(9-18(17)24)25-19(27)11-32-22(30)12-3-5-15-16(8-12)21(29)26(20(15)28)10-14-2-1-7-31-14/h3-6,8-9,14H,1-2,7,10-11H2,(H,25,27)/t14-/m1/s1. The lowest BCUT2D eigenvalue weighted by molar-refractivity contribution is -0.119. The van der Waals surface area contributed by atoms with Crippen LogP contribution in [0.15, 0.2) is 40.9 Å². The molecule has 2 aromatic rings. The van der Waals surface area contributed by atoms with Crippen LogP contribution >= 0.6 is 27.5 Å². The number of fused-ring (bicyclic) bond motifs is 1. The normalized spacial score (nSPS) is 17.4. The van der Waals surface area contributed by atoms with Gasteiger partial charge in [0.05, 0.1) is 34.4 Å². The molecule has 4 rings (SSSR count). The van der Waals surface area contributed by atoms with E-state index in [-0.39, 0.29) is 29.3 Å². The predicted molar refractivity (Wildman–Crippen MR) is 119 cm³/mol. The zero-order chi connectivity index (χ0) is 22.8. The highest BCUT2D eigenvalue weighted by Crippen LogP contribution is 2.27. The monoisotopic (exact) mass is 520 g/mol. The summed E-state index contributed by atoms with van der Waals surface area (Å²) >= 11 is 9.24. The lowest BCUT2D eigenvalue weighted by atomic mass is 10.1. The Hall–Kier alpha value is -2.75. The molecule has 2 aromatic carbocycles. The second kappa shape index (κ2) is 9.40. The van der Waals surface area contributed by atoms with Gasteiger partial charge in [-0.05, 0) is 65.2 Å². The molecule has 1 fully saturated rings. The third-order valence-electron chi connectivity index (χ3n) is 5.15. The molecule has 3 amide bonds. The number of esters is 1. The van der Waals surface area contributed by atoms with Crippen molar-refractivity contribution in [3.8, 4) is 0 Å². The molecule has 2 heterocycles. The molecule has 0 aromatic heterocycles. The maximum atomic E-state index is 12.7. The first-order chi connectivity index (χ1) is 15.3. The molecule has 1 N–H and O–H groups in total. The van der Waals surface area contributed by atoms with E-state index in [9.17, 15) is 19.2 Å². The van der Waals surface area contributed by atoms with Gasteiger partial charge < -0.3 is 14.8 Å². The molecule has 0 bridgehead atoms. The first kappa shape index (κ1) is 22.4. The van der Waals surface area contributed by atoms with E-state index in [1.807, 2.05) is 0 Å². The molecule has 8 nitrogen and oxygen atoms in total. The maximum Gasteiger partial charge on any atom is 0.338 e. The van der Waals surface area contributed by atoms with Crippen LogP contribution in [0.4, 0.5) is 5.69 Å². The molecule has 2 aliphatic rings. The lowest BCUT2D eigenvalue weighted by Crippen LogP contribution is -2.36. The van der Waals surface area contributed by atoms with Crippen LogP contribution in [-0.4, -0.2) is 54.5 Å². The zero-order valence-corrected chi connectivity index (χ0v) is 19.1. The molecule has 0 spiro atoms. The van der Waals surface area contributed by atoms with Crippen molar-refractivity contribution in [1.82, 2.24) is 4.90 Å². The third-order valence-corrected chi connectivity index (χ3v) is 6.39. The average Bonchev–Trinajstić information content (AvgIpc) is 3.37. The van der Waals surface area contributed by atoms with Gasteiger partial charge in [-0.1, -0.05) is 11.6 Å². The SMILES string of the molecule is O=C(COC(=O)c1ccc2c(c1)C(=O)N(C[C@H]1CCCO1)C2=O)Nc1ccc(Br)c(Cl)c1. The van der Waals surface area contributed by atoms with Gasteiger partial charge in [-0.3, -0.25) is 19.3 Å². The number of ether oxygens (including phenoxy) is 2. The van der Waals surface area contributed by atoms with Crippen LogP contribution in [0.3, 0.4) is 0 Å². The van der Waals surface area contributed by atoms with E-state index in [1.165, 1.54) is 18.2 Å². The number of nitrogens with one attached hydrogen (secondary N) is 1. The Morgan fingerprint density at radius 1 is 1.16 bits per heavy atom. The van der Waals surface area contributed by atoms with Gasteiger partial charge in [0.1, 0.15) is 0 Å². The number of amides is 3. The van der Waals surface area contributed by atoms with E-state index in [2.05, 4.69) is 21.2 Å². The Kier molecular flexibility index (Phi) is 6.59. The molecule has 0 saturated carbocycles. The van der Waals surface area contributed by atoms with Gasteiger partial charge in [0.2, 0.25) is 0 Å². The number of nitrogens with zero attached hydrogens (tertiary/aromatic N) is 1. The molecular formula is C22H18BrClN2O6. The second-order valence-corrected chi connectivity index (χ2v) is 8.63. The molecule has 10 heteroatoms. The number of halogens is 2. The number of hydrogen-bond donors (Lipinski definition) is 1. The van der Waals surface area contributed by atoms with Crippen LogP contribution in [0.2, 0.25) is 5.02 Å². The van der Waals surface area contributed by atoms with E-state index >= 15 is 0 Å². The minimum absolute atomic E-state index is 0.0725. The van der Waals surface area contributed by atoms with Crippen molar-refractivity contribution in [3.05, 3.63) is 62.6 Å². The summed E-state index contributed by atoms with van der Waals surface area (Å²) in [6, 6.07) is 9.01. The highest BCUT2D eigenvalue weighted by molar-refractivity contribution is 9.10. The molecule has 0 unspecified atom stereocenters. The van der Waals surface area contributed by atoms with Gasteiger partial charge in [0, 0.05) is 16.8 Å². The highest BCUT2D eigenvalue weighted by atomic mass is 79.9. The molecule has 0 aliphatic carbocycles. The highest BCUT2D eigenvalue weighted by Gasteiger charge is 2.38. The topological polar surface area (TPSA) is 102 Å². The van der Waals surface area contributed by atoms with Crippen molar-refractivity contribution in [2.24, 2.45) is 0 Å². The van der Waals surface area contributed by atoms with E-state index in [0.29, 0.717) is 21.8 Å². The number of anilines is 1. The van der Waals surface area contributed by atoms with Gasteiger partial charge in [-0.2, -0.15) is 0 Å². The van der Waals surface area contributed by atoms with Gasteiger partial charge in [0.25, 0.3) is 17.7 Å². The first-order valence-corrected chi connectivity index (χ1v) is 11.0. The molecule has 1 saturated heterocycles. The van der Waals surface area contributed by atoms with Crippen LogP contribution in [0.5, 0.6) is 0 Å². The number of rotatable bonds is 6. The molecule has 2 aliphatic heterocycles. The van der Waals surface area contributed by atoms with Crippen LogP contribution in [0.1, 0.15) is 43.9 Å². The van der Waals surface area contributed by atoms with Gasteiger partial charge in [0.15, 0.2) is 6.61 Å². The van der Waals surface area contributed by atoms with Crippen LogP contribution in [0.25, 0.3) is 0 Å². The molecule has 32 heavy (non-hydrogen) atoms. The Bertz CT molecular complexity index is 1120. The third kappa shape index (κ3) is 4.69. The van der Waals surface area contributed by atoms with Crippen LogP contribution in [-0.2, 0) is 14.3 Å². The smallest absolute Gasteiger partial charge is 0.338 e. The fourth-order valence-corrected chi connectivity index (χ4v) is 3.99. The minimum Gasteiger partial charge on any atom is -0.452 e. The fourth-order valence-electron chi connectivity index (χ4n) is 3.56. The summed E-state index contributed by atoms with van der Waals surface area (Å²) in [6.07, 6.45) is 1.52. The minimum atomic E-state index is -0.783. The Labute approximate surface area is 196 Å². The molecular weight excluding hydrogens is 504 g/mol. The zero-order valence-electron chi connectivity index (χ0n) is 16.7. The maximum absolute atomic E-state index is 12.7. The Morgan fingerprint density at radius 3 is 2.66 bits per heavy atom. The number of imide groups is 1. The fraction of sp³-hybridized carbons (Fsp3) is 0.273. The van der Waals surface area contributed by atoms with E-state index < -0.39 is 30.3 Å². The van der Waals surface area contributed by atoms with E-state index in [4.69, 9.17) is 21.1 Å². The number of benzene rings is 2. The van der Waals surface area contributed by atoms with Gasteiger partial charge in [-0.15, -0.1) is 0 Å². The number of carbonyl (C=O) groups is 4. The summed E-state index contributed by atoms with van der Waals surface area (Å²) in [5.74, 6) is -2.21. The van der Waals surface area contributed by atoms with Crippen molar-refractivity contribution in [2.75, 3.05) is 25.1 Å². The van der Waals surface area contributed by atoms with Gasteiger partial charge in [-0.25, -0.2) is 4.79 Å². The van der Waals surface area contributed by atoms with E-state index in [1.54, 1.807) is 18.2 Å². The largest absolute Gasteiger partial charge is 0.452 e. The summed E-state index contributed by atoms with van der Waals surface area (Å²) in [5, 5.41) is 2.99. The summed E-state index contributed by atoms with van der Waals surface area (Å²) in [6.45, 7) is 0.278. The average molecular weight is 522 g/mol. The summed E-state index contributed by atoms with van der Waals surface area (Å²) in [4.78, 5) is 50.9. The Balaban J connectivity index is 1.37. The van der Waals surface area contributed by atoms with Crippen LogP contribution < -0.4 is 5.32 Å². The summed E-state index contributed by atoms with van der Waals surface area (Å²) in [5.41, 5.74) is 0.890. The van der Waals surface area contributed by atoms with Gasteiger partial charge >= 0.3 is 5.97 Å². The van der Waals surface area contributed by atoms with Crippen molar-refractivity contribution in [2.45, 2.75) is 18.9 Å². The number of hydrogen-bond acceptors (Lipinski definition) is 6. The summed E-state index contributed by atoms with van der Waals surface area (Å²) in [7, 11) is 0. The quantitative estimate of drug-likeness (QED) is 0.460. The predicted octanol–water partition coefficient (Wildman–Crippen LogP) is 3.67. The summed E-state index contributed by atoms with van der Waals surface area (Å²) < 4.78 is 11.2. The van der Waals surface area contributed by atoms with E-state index in [0.717, 1.165) is 17.7 Å². The second-order valence-electron chi connectivity index (χ2n) is 7.37. The Morgan fingerprint density at radius 2 is 1.94 bits per heavy atom. The molecule has 1 atom stereocenters. The molecule has 0 radical (unpaired) electrons. The number of carbonyl (C=O) groups excluding carboxylic acids is 4. The van der Waals surface area contributed by atoms with Crippen LogP contribution in [0, 0.1) is 0 Å². The lowest BCUT2D eigenvalue weighted by Gasteiger charge is -2.17. The van der Waals surface area contributed by atoms with Crippen molar-refractivity contribution < 1.29 is 28.7 Å². The first-order valence-electron chi connectivity index (χ1n) is 9.87. The molecule has 166 valence electrons. The van der Waals surface area contributed by atoms with Crippen molar-refractivity contribution >= 4 is 56.9 Å².